The minimum absolute atomic E-state index is 0.000648. The van der Waals surface area contributed by atoms with Crippen molar-refractivity contribution in [1.82, 2.24) is 14.5 Å². The summed E-state index contributed by atoms with van der Waals surface area (Å²) in [6, 6.07) is 0.000648. The SMILES string of the molecule is C#CCn1cncc1C1CCCN1C(=O)OC(C)(C)C. The van der Waals surface area contributed by atoms with Crippen LogP contribution in [0.15, 0.2) is 12.5 Å². The Balaban J connectivity index is 2.17. The van der Waals surface area contributed by atoms with Crippen LogP contribution in [0, 0.1) is 12.3 Å². The van der Waals surface area contributed by atoms with Gasteiger partial charge < -0.3 is 9.30 Å². The van der Waals surface area contributed by atoms with Crippen LogP contribution in [0.3, 0.4) is 0 Å². The fourth-order valence-electron chi connectivity index (χ4n) is 2.45. The van der Waals surface area contributed by atoms with E-state index in [-0.39, 0.29) is 12.1 Å². The van der Waals surface area contributed by atoms with Crippen molar-refractivity contribution < 1.29 is 9.53 Å². The zero-order valence-electron chi connectivity index (χ0n) is 12.3. The van der Waals surface area contributed by atoms with E-state index < -0.39 is 5.60 Å². The third-order valence-corrected chi connectivity index (χ3v) is 3.23. The lowest BCUT2D eigenvalue weighted by molar-refractivity contribution is 0.0219. The number of imidazole rings is 1. The van der Waals surface area contributed by atoms with Gasteiger partial charge in [-0.1, -0.05) is 5.92 Å². The van der Waals surface area contributed by atoms with Crippen LogP contribution in [0.5, 0.6) is 0 Å². The van der Waals surface area contributed by atoms with Crippen molar-refractivity contribution in [2.45, 2.75) is 51.8 Å². The van der Waals surface area contributed by atoms with Crippen LogP contribution in [0.25, 0.3) is 0 Å². The highest BCUT2D eigenvalue weighted by molar-refractivity contribution is 5.69. The average molecular weight is 275 g/mol. The predicted molar refractivity (Wildman–Crippen MR) is 76.0 cm³/mol. The number of amides is 1. The molecule has 108 valence electrons. The Morgan fingerprint density at radius 2 is 2.35 bits per heavy atom. The van der Waals surface area contributed by atoms with Gasteiger partial charge in [0.15, 0.2) is 0 Å². The number of ether oxygens (including phenoxy) is 1. The second-order valence-electron chi connectivity index (χ2n) is 5.98. The van der Waals surface area contributed by atoms with Gasteiger partial charge in [0, 0.05) is 6.54 Å². The third-order valence-electron chi connectivity index (χ3n) is 3.23. The molecule has 1 aromatic heterocycles. The minimum Gasteiger partial charge on any atom is -0.444 e. The molecule has 1 saturated heterocycles. The topological polar surface area (TPSA) is 47.4 Å². The molecule has 0 aromatic carbocycles. The van der Waals surface area contributed by atoms with E-state index in [9.17, 15) is 4.79 Å². The first kappa shape index (κ1) is 14.4. The van der Waals surface area contributed by atoms with Gasteiger partial charge in [-0.2, -0.15) is 0 Å². The van der Waals surface area contributed by atoms with Gasteiger partial charge in [0.2, 0.25) is 0 Å². The number of hydrogen-bond donors (Lipinski definition) is 0. The summed E-state index contributed by atoms with van der Waals surface area (Å²) in [5.74, 6) is 2.60. The van der Waals surface area contributed by atoms with Crippen LogP contribution >= 0.6 is 0 Å². The van der Waals surface area contributed by atoms with Crippen LogP contribution < -0.4 is 0 Å². The van der Waals surface area contributed by atoms with Gasteiger partial charge in [-0.25, -0.2) is 9.78 Å². The standard InChI is InChI=1S/C15H21N3O2/c1-5-8-17-11-16-10-13(17)12-7-6-9-18(12)14(19)20-15(2,3)4/h1,10-12H,6-9H2,2-4H3. The van der Waals surface area contributed by atoms with Gasteiger partial charge in [-0.15, -0.1) is 6.42 Å². The Morgan fingerprint density at radius 3 is 3.00 bits per heavy atom. The van der Waals surface area contributed by atoms with Crippen molar-refractivity contribution >= 4 is 6.09 Å². The molecule has 0 bridgehead atoms. The summed E-state index contributed by atoms with van der Waals surface area (Å²) in [6.07, 6.45) is 10.5. The maximum Gasteiger partial charge on any atom is 0.410 e. The molecule has 1 fully saturated rings. The van der Waals surface area contributed by atoms with Crippen LogP contribution in [0.2, 0.25) is 0 Å². The first-order valence-electron chi connectivity index (χ1n) is 6.85. The van der Waals surface area contributed by atoms with Crippen molar-refractivity contribution in [3.05, 3.63) is 18.2 Å². The first-order chi connectivity index (χ1) is 9.42. The van der Waals surface area contributed by atoms with Crippen molar-refractivity contribution in [3.63, 3.8) is 0 Å². The van der Waals surface area contributed by atoms with Crippen LogP contribution in [-0.4, -0.2) is 32.7 Å². The molecule has 1 unspecified atom stereocenters. The van der Waals surface area contributed by atoms with E-state index in [2.05, 4.69) is 10.9 Å². The molecule has 1 atom stereocenters. The first-order valence-corrected chi connectivity index (χ1v) is 6.85. The molecule has 5 heteroatoms. The Kier molecular flexibility index (Phi) is 4.03. The number of carbonyl (C=O) groups excluding carboxylic acids is 1. The molecule has 1 aromatic rings. The van der Waals surface area contributed by atoms with Gasteiger partial charge in [0.1, 0.15) is 5.60 Å². The number of nitrogens with zero attached hydrogens (tertiary/aromatic N) is 3. The molecule has 0 spiro atoms. The lowest BCUT2D eigenvalue weighted by Crippen LogP contribution is -2.36. The lowest BCUT2D eigenvalue weighted by Gasteiger charge is -2.28. The van der Waals surface area contributed by atoms with E-state index in [1.54, 1.807) is 17.4 Å². The Labute approximate surface area is 119 Å². The molecule has 1 amide bonds. The number of hydrogen-bond acceptors (Lipinski definition) is 3. The minimum atomic E-state index is -0.483. The van der Waals surface area contributed by atoms with E-state index in [0.29, 0.717) is 13.1 Å². The zero-order valence-corrected chi connectivity index (χ0v) is 12.3. The molecule has 0 saturated carbocycles. The number of aromatic nitrogens is 2. The maximum atomic E-state index is 12.3. The summed E-state index contributed by atoms with van der Waals surface area (Å²) in [7, 11) is 0. The number of carbonyl (C=O) groups is 1. The predicted octanol–water partition coefficient (Wildman–Crippen LogP) is 2.59. The summed E-state index contributed by atoms with van der Waals surface area (Å²) in [5, 5.41) is 0. The molecule has 20 heavy (non-hydrogen) atoms. The van der Waals surface area contributed by atoms with Crippen molar-refractivity contribution in [1.29, 1.82) is 0 Å². The highest BCUT2D eigenvalue weighted by Crippen LogP contribution is 2.32. The van der Waals surface area contributed by atoms with Gasteiger partial charge in [0.05, 0.1) is 30.8 Å². The highest BCUT2D eigenvalue weighted by atomic mass is 16.6. The molecule has 1 aliphatic heterocycles. The van der Waals surface area contributed by atoms with E-state index in [0.717, 1.165) is 18.5 Å². The fraction of sp³-hybridized carbons (Fsp3) is 0.600. The van der Waals surface area contributed by atoms with E-state index in [1.807, 2.05) is 25.3 Å². The zero-order chi connectivity index (χ0) is 14.8. The highest BCUT2D eigenvalue weighted by Gasteiger charge is 2.34. The second-order valence-corrected chi connectivity index (χ2v) is 5.98. The monoisotopic (exact) mass is 275 g/mol. The molecule has 2 heterocycles. The Morgan fingerprint density at radius 1 is 1.60 bits per heavy atom. The summed E-state index contributed by atoms with van der Waals surface area (Å²) in [5.41, 5.74) is 0.495. The molecule has 2 rings (SSSR count). The smallest absolute Gasteiger partial charge is 0.410 e. The van der Waals surface area contributed by atoms with Crippen LogP contribution in [0.4, 0.5) is 4.79 Å². The van der Waals surface area contributed by atoms with Gasteiger partial charge in [-0.05, 0) is 33.6 Å². The molecular formula is C15H21N3O2. The van der Waals surface area contributed by atoms with E-state index in [1.165, 1.54) is 0 Å². The molecule has 0 N–H and O–H groups in total. The molecule has 5 nitrogen and oxygen atoms in total. The summed E-state index contributed by atoms with van der Waals surface area (Å²) in [6.45, 7) is 6.80. The van der Waals surface area contributed by atoms with Crippen LogP contribution in [0.1, 0.15) is 45.3 Å². The lowest BCUT2D eigenvalue weighted by atomic mass is 10.1. The van der Waals surface area contributed by atoms with Gasteiger partial charge in [-0.3, -0.25) is 4.90 Å². The largest absolute Gasteiger partial charge is 0.444 e. The number of likely N-dealkylation sites (tertiary alicyclic amines) is 1. The fourth-order valence-corrected chi connectivity index (χ4v) is 2.45. The van der Waals surface area contributed by atoms with E-state index in [4.69, 9.17) is 11.2 Å². The van der Waals surface area contributed by atoms with Crippen molar-refractivity contribution in [2.75, 3.05) is 6.54 Å². The second kappa shape index (κ2) is 5.58. The maximum absolute atomic E-state index is 12.3. The summed E-state index contributed by atoms with van der Waals surface area (Å²) >= 11 is 0. The Hall–Kier alpha value is -1.96. The number of terminal acetylenes is 1. The Bertz CT molecular complexity index is 522. The molecule has 0 radical (unpaired) electrons. The van der Waals surface area contributed by atoms with Crippen molar-refractivity contribution in [2.24, 2.45) is 0 Å². The molecular weight excluding hydrogens is 254 g/mol. The molecule has 0 aliphatic carbocycles. The molecule has 1 aliphatic rings. The quantitative estimate of drug-likeness (QED) is 0.779. The average Bonchev–Trinajstić information content (AvgIpc) is 2.93. The van der Waals surface area contributed by atoms with E-state index >= 15 is 0 Å². The number of rotatable bonds is 2. The van der Waals surface area contributed by atoms with Crippen molar-refractivity contribution in [3.8, 4) is 12.3 Å². The summed E-state index contributed by atoms with van der Waals surface area (Å²) < 4.78 is 7.38. The van der Waals surface area contributed by atoms with Crippen LogP contribution in [-0.2, 0) is 11.3 Å². The normalized spacial score (nSPS) is 18.9. The van der Waals surface area contributed by atoms with Gasteiger partial charge >= 0.3 is 6.09 Å². The summed E-state index contributed by atoms with van der Waals surface area (Å²) in [4.78, 5) is 18.2. The van der Waals surface area contributed by atoms with Gasteiger partial charge in [0.25, 0.3) is 0 Å². The third kappa shape index (κ3) is 3.13.